The van der Waals surface area contributed by atoms with Gasteiger partial charge in [-0.2, -0.15) is 0 Å². The standard InChI is InChI=1S/C14H23FN2O/c1-4-17(5-2)10-13(18)9-16-14-8-12(15)7-6-11(14)3/h6-8,13,16,18H,4-5,9-10H2,1-3H3. The Labute approximate surface area is 109 Å². The van der Waals surface area contributed by atoms with Gasteiger partial charge in [0.15, 0.2) is 0 Å². The van der Waals surface area contributed by atoms with E-state index in [1.807, 2.05) is 6.92 Å². The highest BCUT2D eigenvalue weighted by molar-refractivity contribution is 5.50. The number of halogens is 1. The van der Waals surface area contributed by atoms with Gasteiger partial charge in [-0.1, -0.05) is 19.9 Å². The van der Waals surface area contributed by atoms with Gasteiger partial charge in [0, 0.05) is 18.8 Å². The summed E-state index contributed by atoms with van der Waals surface area (Å²) in [5.41, 5.74) is 1.72. The average molecular weight is 254 g/mol. The minimum Gasteiger partial charge on any atom is -0.390 e. The van der Waals surface area contributed by atoms with Gasteiger partial charge in [0.1, 0.15) is 5.82 Å². The highest BCUT2D eigenvalue weighted by Crippen LogP contribution is 2.15. The molecular weight excluding hydrogens is 231 g/mol. The molecule has 2 N–H and O–H groups in total. The first-order chi connectivity index (χ1) is 8.56. The summed E-state index contributed by atoms with van der Waals surface area (Å²) in [6, 6.07) is 4.63. The van der Waals surface area contributed by atoms with E-state index in [1.165, 1.54) is 12.1 Å². The molecule has 0 heterocycles. The summed E-state index contributed by atoms with van der Waals surface area (Å²) in [7, 11) is 0. The number of rotatable bonds is 7. The quantitative estimate of drug-likeness (QED) is 0.783. The van der Waals surface area contributed by atoms with Gasteiger partial charge in [0.05, 0.1) is 6.10 Å². The molecule has 0 aromatic heterocycles. The van der Waals surface area contributed by atoms with Gasteiger partial charge in [-0.15, -0.1) is 0 Å². The van der Waals surface area contributed by atoms with E-state index < -0.39 is 6.10 Å². The molecule has 4 heteroatoms. The summed E-state index contributed by atoms with van der Waals surface area (Å²) >= 11 is 0. The molecule has 0 amide bonds. The van der Waals surface area contributed by atoms with Crippen molar-refractivity contribution in [3.05, 3.63) is 29.6 Å². The van der Waals surface area contributed by atoms with Crippen LogP contribution in [-0.4, -0.2) is 42.3 Å². The van der Waals surface area contributed by atoms with Crippen molar-refractivity contribution in [1.82, 2.24) is 4.90 Å². The lowest BCUT2D eigenvalue weighted by Crippen LogP contribution is -2.36. The van der Waals surface area contributed by atoms with Crippen LogP contribution in [0.5, 0.6) is 0 Å². The van der Waals surface area contributed by atoms with Crippen LogP contribution in [0.4, 0.5) is 10.1 Å². The molecule has 18 heavy (non-hydrogen) atoms. The third-order valence-corrected chi connectivity index (χ3v) is 3.09. The van der Waals surface area contributed by atoms with Crippen LogP contribution in [0.2, 0.25) is 0 Å². The number of anilines is 1. The van der Waals surface area contributed by atoms with E-state index in [1.54, 1.807) is 6.07 Å². The maximum absolute atomic E-state index is 13.1. The van der Waals surface area contributed by atoms with Crippen molar-refractivity contribution < 1.29 is 9.50 Å². The number of hydrogen-bond donors (Lipinski definition) is 2. The van der Waals surface area contributed by atoms with Crippen molar-refractivity contribution in [1.29, 1.82) is 0 Å². The molecule has 0 aliphatic rings. The lowest BCUT2D eigenvalue weighted by atomic mass is 10.2. The minimum atomic E-state index is -0.451. The van der Waals surface area contributed by atoms with Crippen LogP contribution in [0.3, 0.4) is 0 Å². The van der Waals surface area contributed by atoms with Crippen LogP contribution in [0, 0.1) is 12.7 Å². The number of nitrogens with zero attached hydrogens (tertiary/aromatic N) is 1. The third-order valence-electron chi connectivity index (χ3n) is 3.09. The van der Waals surface area contributed by atoms with Crippen LogP contribution >= 0.6 is 0 Å². The number of nitrogens with one attached hydrogen (secondary N) is 1. The van der Waals surface area contributed by atoms with Gasteiger partial charge in [-0.05, 0) is 37.7 Å². The molecule has 0 saturated heterocycles. The Bertz CT molecular complexity index is 367. The highest BCUT2D eigenvalue weighted by Gasteiger charge is 2.09. The zero-order valence-corrected chi connectivity index (χ0v) is 11.4. The van der Waals surface area contributed by atoms with E-state index >= 15 is 0 Å². The molecule has 0 saturated carbocycles. The normalized spacial score (nSPS) is 12.8. The monoisotopic (exact) mass is 254 g/mol. The molecule has 0 spiro atoms. The second kappa shape index (κ2) is 7.34. The summed E-state index contributed by atoms with van der Waals surface area (Å²) in [6.45, 7) is 8.97. The molecule has 1 aromatic rings. The first-order valence-electron chi connectivity index (χ1n) is 6.47. The van der Waals surface area contributed by atoms with Gasteiger partial charge in [-0.3, -0.25) is 0 Å². The van der Waals surface area contributed by atoms with Gasteiger partial charge in [0.2, 0.25) is 0 Å². The van der Waals surface area contributed by atoms with Crippen LogP contribution in [0.15, 0.2) is 18.2 Å². The van der Waals surface area contributed by atoms with Crippen molar-refractivity contribution in [2.45, 2.75) is 26.9 Å². The molecular formula is C14H23FN2O. The van der Waals surface area contributed by atoms with E-state index in [0.29, 0.717) is 13.1 Å². The third kappa shape index (κ3) is 4.63. The number of hydrogen-bond acceptors (Lipinski definition) is 3. The van der Waals surface area contributed by atoms with Crippen molar-refractivity contribution in [2.75, 3.05) is 31.5 Å². The van der Waals surface area contributed by atoms with Crippen molar-refractivity contribution in [3.8, 4) is 0 Å². The Hall–Kier alpha value is -1.13. The number of aliphatic hydroxyl groups is 1. The zero-order chi connectivity index (χ0) is 13.5. The molecule has 1 unspecified atom stereocenters. The highest BCUT2D eigenvalue weighted by atomic mass is 19.1. The van der Waals surface area contributed by atoms with Gasteiger partial charge in [0.25, 0.3) is 0 Å². The fraction of sp³-hybridized carbons (Fsp3) is 0.571. The van der Waals surface area contributed by atoms with Crippen LogP contribution in [0.1, 0.15) is 19.4 Å². The molecule has 3 nitrogen and oxygen atoms in total. The van der Waals surface area contributed by atoms with Crippen molar-refractivity contribution >= 4 is 5.69 Å². The first-order valence-corrected chi connectivity index (χ1v) is 6.47. The van der Waals surface area contributed by atoms with Crippen LogP contribution in [-0.2, 0) is 0 Å². The van der Waals surface area contributed by atoms with Gasteiger partial charge in [-0.25, -0.2) is 4.39 Å². The fourth-order valence-corrected chi connectivity index (χ4v) is 1.86. The van der Waals surface area contributed by atoms with E-state index in [-0.39, 0.29) is 5.82 Å². The molecule has 0 bridgehead atoms. The SMILES string of the molecule is CCN(CC)CC(O)CNc1cc(F)ccc1C. The van der Waals surface area contributed by atoms with E-state index in [9.17, 15) is 9.50 Å². The molecule has 102 valence electrons. The Balaban J connectivity index is 2.46. The van der Waals surface area contributed by atoms with Crippen molar-refractivity contribution in [2.24, 2.45) is 0 Å². The molecule has 0 radical (unpaired) electrons. The predicted octanol–water partition coefficient (Wildman–Crippen LogP) is 2.25. The van der Waals surface area contributed by atoms with Crippen LogP contribution in [0.25, 0.3) is 0 Å². The molecule has 1 rings (SSSR count). The number of likely N-dealkylation sites (N-methyl/N-ethyl adjacent to an activating group) is 1. The zero-order valence-electron chi connectivity index (χ0n) is 11.4. The lowest BCUT2D eigenvalue weighted by Gasteiger charge is -2.22. The number of aryl methyl sites for hydroxylation is 1. The maximum Gasteiger partial charge on any atom is 0.125 e. The van der Waals surface area contributed by atoms with E-state index in [0.717, 1.165) is 24.3 Å². The largest absolute Gasteiger partial charge is 0.390 e. The topological polar surface area (TPSA) is 35.5 Å². The Kier molecular flexibility index (Phi) is 6.09. The summed E-state index contributed by atoms with van der Waals surface area (Å²) in [4.78, 5) is 2.16. The second-order valence-corrected chi connectivity index (χ2v) is 4.48. The molecule has 0 fully saturated rings. The minimum absolute atomic E-state index is 0.263. The van der Waals surface area contributed by atoms with E-state index in [2.05, 4.69) is 24.1 Å². The number of aliphatic hydroxyl groups excluding tert-OH is 1. The first kappa shape index (κ1) is 14.9. The predicted molar refractivity (Wildman–Crippen MR) is 73.4 cm³/mol. The Morgan fingerprint density at radius 1 is 1.33 bits per heavy atom. The summed E-state index contributed by atoms with van der Waals surface area (Å²) in [5.74, 6) is -0.263. The lowest BCUT2D eigenvalue weighted by molar-refractivity contribution is 0.128. The molecule has 1 aromatic carbocycles. The summed E-state index contributed by atoms with van der Waals surface area (Å²) in [5, 5.41) is 13.0. The number of benzene rings is 1. The Morgan fingerprint density at radius 3 is 2.61 bits per heavy atom. The Morgan fingerprint density at radius 2 is 2.00 bits per heavy atom. The van der Waals surface area contributed by atoms with Gasteiger partial charge < -0.3 is 15.3 Å². The molecule has 0 aliphatic heterocycles. The van der Waals surface area contributed by atoms with Crippen LogP contribution < -0.4 is 5.32 Å². The smallest absolute Gasteiger partial charge is 0.125 e. The second-order valence-electron chi connectivity index (χ2n) is 4.48. The average Bonchev–Trinajstić information content (AvgIpc) is 2.37. The fourth-order valence-electron chi connectivity index (χ4n) is 1.86. The van der Waals surface area contributed by atoms with Gasteiger partial charge >= 0.3 is 0 Å². The molecule has 0 aliphatic carbocycles. The van der Waals surface area contributed by atoms with E-state index in [4.69, 9.17) is 0 Å². The van der Waals surface area contributed by atoms with Crippen molar-refractivity contribution in [3.63, 3.8) is 0 Å². The summed E-state index contributed by atoms with van der Waals surface area (Å²) < 4.78 is 13.1. The molecule has 1 atom stereocenters. The summed E-state index contributed by atoms with van der Waals surface area (Å²) in [6.07, 6.45) is -0.451. The maximum atomic E-state index is 13.1.